The predicted molar refractivity (Wildman–Crippen MR) is 184 cm³/mol. The number of rotatable bonds is 6. The first-order chi connectivity index (χ1) is 25.1. The summed E-state index contributed by atoms with van der Waals surface area (Å²) in [6.45, 7) is 8.25. The van der Waals surface area contributed by atoms with E-state index in [1.165, 1.54) is 12.5 Å². The van der Waals surface area contributed by atoms with Gasteiger partial charge in [-0.15, -0.1) is 0 Å². The molecule has 0 aromatic carbocycles. The molecule has 4 saturated heterocycles. The lowest BCUT2D eigenvalue weighted by molar-refractivity contribution is -0.360. The fourth-order valence-electron chi connectivity index (χ4n) is 12.6. The van der Waals surface area contributed by atoms with E-state index in [1.54, 1.807) is 0 Å². The van der Waals surface area contributed by atoms with Gasteiger partial charge in [0.05, 0.1) is 31.5 Å². The van der Waals surface area contributed by atoms with Crippen molar-refractivity contribution in [3.05, 3.63) is 11.6 Å². The molecule has 4 heterocycles. The Morgan fingerprint density at radius 1 is 0.811 bits per heavy atom. The molecule has 21 atom stereocenters. The number of allylic oxidation sites excluding steroid dienone is 1. The molecule has 0 radical (unpaired) electrons. The zero-order chi connectivity index (χ0) is 37.8. The van der Waals surface area contributed by atoms with Crippen LogP contribution in [-0.2, 0) is 28.4 Å². The van der Waals surface area contributed by atoms with Crippen LogP contribution in [0.4, 0.5) is 0 Å². The number of fused-ring (bicyclic) bond motifs is 7. The van der Waals surface area contributed by atoms with Crippen LogP contribution in [0.1, 0.15) is 85.5 Å². The van der Waals surface area contributed by atoms with Crippen LogP contribution < -0.4 is 0 Å². The Balaban J connectivity index is 0.923. The molecule has 3 saturated carbocycles. The molecule has 8 rings (SSSR count). The molecule has 302 valence electrons. The summed E-state index contributed by atoms with van der Waals surface area (Å²) < 4.78 is 36.7. The standard InChI is InChI=1S/C39H62O14/c1-18-28(42)29(43)31(45)34(49-18)52-33-26(16-41)51-35(32(46)30(33)44)50-22-8-10-36(3)21(13-22)5-6-23-24(36)9-11-37(4)25(23)14-27-39(37,47)19(2)38(53-27)12-7-20(15-40)17-48-38/h5,18-20,22-35,40-47H,6-17H2,1-4H3. The van der Waals surface area contributed by atoms with Crippen molar-refractivity contribution in [2.75, 3.05) is 19.8 Å². The fourth-order valence-corrected chi connectivity index (χ4v) is 12.6. The topological polar surface area (TPSA) is 217 Å². The Bertz CT molecular complexity index is 1370. The number of hydrogen-bond acceptors (Lipinski definition) is 14. The second kappa shape index (κ2) is 13.9. The monoisotopic (exact) mass is 754 g/mol. The van der Waals surface area contributed by atoms with E-state index in [4.69, 9.17) is 28.4 Å². The van der Waals surface area contributed by atoms with Crippen molar-refractivity contribution in [1.29, 1.82) is 0 Å². The minimum atomic E-state index is -1.63. The lowest BCUT2D eigenvalue weighted by Gasteiger charge is -2.60. The van der Waals surface area contributed by atoms with E-state index in [2.05, 4.69) is 26.8 Å². The first-order valence-electron chi connectivity index (χ1n) is 20.1. The van der Waals surface area contributed by atoms with Gasteiger partial charge in [0.2, 0.25) is 0 Å². The van der Waals surface area contributed by atoms with Gasteiger partial charge >= 0.3 is 0 Å². The van der Waals surface area contributed by atoms with Crippen molar-refractivity contribution in [2.45, 2.75) is 170 Å². The average molecular weight is 755 g/mol. The van der Waals surface area contributed by atoms with Crippen molar-refractivity contribution in [3.8, 4) is 0 Å². The summed E-state index contributed by atoms with van der Waals surface area (Å²) in [7, 11) is 0. The van der Waals surface area contributed by atoms with E-state index in [-0.39, 0.29) is 41.5 Å². The molecule has 4 aliphatic carbocycles. The molecule has 14 nitrogen and oxygen atoms in total. The quantitative estimate of drug-likeness (QED) is 0.173. The van der Waals surface area contributed by atoms with Gasteiger partial charge < -0.3 is 69.3 Å². The second-order valence-electron chi connectivity index (χ2n) is 18.3. The van der Waals surface area contributed by atoms with Crippen LogP contribution >= 0.6 is 0 Å². The first kappa shape index (κ1) is 39.0. The summed E-state index contributed by atoms with van der Waals surface area (Å²) in [5, 5.41) is 85.5. The van der Waals surface area contributed by atoms with Gasteiger partial charge in [-0.2, -0.15) is 0 Å². The highest BCUT2D eigenvalue weighted by atomic mass is 16.7. The van der Waals surface area contributed by atoms with Crippen molar-refractivity contribution in [2.24, 2.45) is 40.4 Å². The summed E-state index contributed by atoms with van der Waals surface area (Å²) in [5.74, 6) is 0.302. The van der Waals surface area contributed by atoms with Gasteiger partial charge in [-0.25, -0.2) is 0 Å². The molecule has 14 heteroatoms. The SMILES string of the molecule is CC1OC(OC2C(CO)OC(OC3CCC4(C)C(=CCC5C4CCC4(C)C5CC5OC6(CCC(CO)CO6)C(C)C54O)C3)C(O)C2O)C(O)C(O)C1O. The third-order valence-electron chi connectivity index (χ3n) is 16.0. The minimum absolute atomic E-state index is 0.0435. The van der Waals surface area contributed by atoms with E-state index in [0.717, 1.165) is 38.5 Å². The average Bonchev–Trinajstić information content (AvgIpc) is 3.50. The minimum Gasteiger partial charge on any atom is -0.396 e. The molecule has 21 unspecified atom stereocenters. The molecule has 0 aromatic rings. The molecule has 0 amide bonds. The molecule has 8 N–H and O–H groups in total. The van der Waals surface area contributed by atoms with Gasteiger partial charge in [0.1, 0.15) is 48.3 Å². The summed E-state index contributed by atoms with van der Waals surface area (Å²) in [5.41, 5.74) is -0.00451. The van der Waals surface area contributed by atoms with Crippen LogP contribution in [0.2, 0.25) is 0 Å². The molecule has 1 spiro atoms. The third kappa shape index (κ3) is 5.79. The Kier molecular flexibility index (Phi) is 10.3. The Morgan fingerprint density at radius 2 is 1.55 bits per heavy atom. The zero-order valence-corrected chi connectivity index (χ0v) is 31.4. The summed E-state index contributed by atoms with van der Waals surface area (Å²) in [4.78, 5) is 0. The van der Waals surface area contributed by atoms with E-state index in [9.17, 15) is 40.9 Å². The van der Waals surface area contributed by atoms with Crippen molar-refractivity contribution >= 4 is 0 Å². The van der Waals surface area contributed by atoms with Gasteiger partial charge in [-0.05, 0) is 81.5 Å². The maximum Gasteiger partial charge on any atom is 0.187 e. The highest BCUT2D eigenvalue weighted by Crippen LogP contribution is 2.72. The molecule has 4 aliphatic heterocycles. The molecule has 0 aromatic heterocycles. The lowest BCUT2D eigenvalue weighted by atomic mass is 9.46. The van der Waals surface area contributed by atoms with E-state index in [1.807, 2.05) is 0 Å². The normalized spacial score (nSPS) is 58.0. The van der Waals surface area contributed by atoms with Crippen LogP contribution in [0.25, 0.3) is 0 Å². The van der Waals surface area contributed by atoms with Crippen molar-refractivity contribution in [3.63, 3.8) is 0 Å². The maximum absolute atomic E-state index is 12.7. The highest BCUT2D eigenvalue weighted by molar-refractivity contribution is 5.29. The lowest BCUT2D eigenvalue weighted by Crippen LogP contribution is -2.64. The number of aliphatic hydroxyl groups excluding tert-OH is 7. The van der Waals surface area contributed by atoms with Crippen LogP contribution in [0, 0.1) is 40.4 Å². The van der Waals surface area contributed by atoms with Crippen LogP contribution in [0.3, 0.4) is 0 Å². The third-order valence-corrected chi connectivity index (χ3v) is 16.0. The maximum atomic E-state index is 12.7. The first-order valence-corrected chi connectivity index (χ1v) is 20.1. The summed E-state index contributed by atoms with van der Waals surface area (Å²) >= 11 is 0. The number of aliphatic hydroxyl groups is 8. The Hall–Kier alpha value is -0.820. The van der Waals surface area contributed by atoms with E-state index in [0.29, 0.717) is 43.6 Å². The Labute approximate surface area is 311 Å². The van der Waals surface area contributed by atoms with Crippen LogP contribution in [0.15, 0.2) is 11.6 Å². The number of ether oxygens (including phenoxy) is 6. The van der Waals surface area contributed by atoms with Gasteiger partial charge in [-0.3, -0.25) is 0 Å². The smallest absolute Gasteiger partial charge is 0.187 e. The Morgan fingerprint density at radius 3 is 2.25 bits per heavy atom. The molecule has 0 bridgehead atoms. The van der Waals surface area contributed by atoms with E-state index < -0.39 is 79.4 Å². The highest BCUT2D eigenvalue weighted by Gasteiger charge is 2.76. The van der Waals surface area contributed by atoms with Gasteiger partial charge in [0, 0.05) is 30.3 Å². The predicted octanol–water partition coefficient (Wildman–Crippen LogP) is 0.477. The molecule has 8 aliphatic rings. The van der Waals surface area contributed by atoms with Crippen molar-refractivity contribution < 1.29 is 69.3 Å². The second-order valence-corrected chi connectivity index (χ2v) is 18.3. The van der Waals surface area contributed by atoms with Crippen LogP contribution in [-0.4, -0.2) is 146 Å². The van der Waals surface area contributed by atoms with Gasteiger partial charge in [-0.1, -0.05) is 32.4 Å². The van der Waals surface area contributed by atoms with Crippen LogP contribution in [0.5, 0.6) is 0 Å². The summed E-state index contributed by atoms with van der Waals surface area (Å²) in [6.07, 6.45) is -4.42. The number of hydrogen-bond donors (Lipinski definition) is 8. The largest absolute Gasteiger partial charge is 0.396 e. The summed E-state index contributed by atoms with van der Waals surface area (Å²) in [6, 6.07) is 0. The van der Waals surface area contributed by atoms with Gasteiger partial charge in [0.25, 0.3) is 0 Å². The van der Waals surface area contributed by atoms with E-state index >= 15 is 0 Å². The molecule has 53 heavy (non-hydrogen) atoms. The zero-order valence-electron chi connectivity index (χ0n) is 31.4. The molecule has 7 fully saturated rings. The molecular formula is C39H62O14. The van der Waals surface area contributed by atoms with Crippen molar-refractivity contribution in [1.82, 2.24) is 0 Å². The molecular weight excluding hydrogens is 692 g/mol. The van der Waals surface area contributed by atoms with Gasteiger partial charge in [0.15, 0.2) is 18.4 Å². The fraction of sp³-hybridized carbons (Fsp3) is 0.949.